The normalized spacial score (nSPS) is 15.6. The fourth-order valence-electron chi connectivity index (χ4n) is 1.97. The summed E-state index contributed by atoms with van der Waals surface area (Å²) in [7, 11) is 0. The quantitative estimate of drug-likeness (QED) is 0.798. The number of hydrogen-bond acceptors (Lipinski definition) is 3. The summed E-state index contributed by atoms with van der Waals surface area (Å²) in [5.74, 6) is 0.252. The minimum atomic E-state index is 0.252. The smallest absolute Gasteiger partial charge is 0.222 e. The molecule has 1 aromatic heterocycles. The molecule has 0 unspecified atom stereocenters. The molecule has 1 amide bonds. The van der Waals surface area contributed by atoms with E-state index in [2.05, 4.69) is 16.0 Å². The van der Waals surface area contributed by atoms with E-state index in [0.717, 1.165) is 25.1 Å². The van der Waals surface area contributed by atoms with Crippen LogP contribution in [0, 0.1) is 0 Å². The van der Waals surface area contributed by atoms with Crippen LogP contribution in [0.25, 0.3) is 5.57 Å². The summed E-state index contributed by atoms with van der Waals surface area (Å²) >= 11 is 0. The van der Waals surface area contributed by atoms with Crippen LogP contribution in [0.2, 0.25) is 0 Å². The Balaban J connectivity index is 2.00. The van der Waals surface area contributed by atoms with Gasteiger partial charge in [0.15, 0.2) is 0 Å². The minimum Gasteiger partial charge on any atom is -0.339 e. The van der Waals surface area contributed by atoms with Gasteiger partial charge < -0.3 is 4.90 Å². The van der Waals surface area contributed by atoms with Crippen molar-refractivity contribution in [2.45, 2.75) is 26.2 Å². The lowest BCUT2D eigenvalue weighted by atomic mass is 10.0. The second kappa shape index (κ2) is 5.57. The van der Waals surface area contributed by atoms with Crippen molar-refractivity contribution in [1.29, 1.82) is 0 Å². The monoisotopic (exact) mass is 231 g/mol. The van der Waals surface area contributed by atoms with Crippen LogP contribution < -0.4 is 0 Å². The molecule has 0 spiro atoms. The van der Waals surface area contributed by atoms with Crippen LogP contribution >= 0.6 is 0 Å². The molecule has 2 heterocycles. The summed E-state index contributed by atoms with van der Waals surface area (Å²) in [6.07, 6.45) is 9.66. The van der Waals surface area contributed by atoms with Gasteiger partial charge in [-0.2, -0.15) is 0 Å². The van der Waals surface area contributed by atoms with Gasteiger partial charge in [-0.25, -0.2) is 0 Å². The van der Waals surface area contributed by atoms with Crippen molar-refractivity contribution in [3.05, 3.63) is 30.4 Å². The Labute approximate surface area is 101 Å². The molecule has 4 nitrogen and oxygen atoms in total. The number of hydrogen-bond donors (Lipinski definition) is 0. The first-order chi connectivity index (χ1) is 8.31. The van der Waals surface area contributed by atoms with E-state index in [1.807, 2.05) is 11.8 Å². The van der Waals surface area contributed by atoms with Gasteiger partial charge in [0, 0.05) is 31.9 Å². The number of amides is 1. The average molecular weight is 231 g/mol. The second-order valence-electron chi connectivity index (χ2n) is 4.16. The first-order valence-corrected chi connectivity index (χ1v) is 6.04. The van der Waals surface area contributed by atoms with Gasteiger partial charge in [-0.3, -0.25) is 14.8 Å². The highest BCUT2D eigenvalue weighted by atomic mass is 16.2. The first-order valence-electron chi connectivity index (χ1n) is 6.04. The lowest BCUT2D eigenvalue weighted by Crippen LogP contribution is -2.34. The summed E-state index contributed by atoms with van der Waals surface area (Å²) in [4.78, 5) is 22.0. The average Bonchev–Trinajstić information content (AvgIpc) is 2.40. The predicted molar refractivity (Wildman–Crippen MR) is 66.1 cm³/mol. The van der Waals surface area contributed by atoms with Gasteiger partial charge in [0.25, 0.3) is 0 Å². The van der Waals surface area contributed by atoms with Crippen LogP contribution in [-0.4, -0.2) is 33.9 Å². The standard InChI is InChI=1S/C13H17N3O/c1-2-3-13(17)16-8-4-11(5-9-16)12-10-14-6-7-15-12/h4,6-7,10H,2-3,5,8-9H2,1H3. The highest BCUT2D eigenvalue weighted by Gasteiger charge is 2.17. The van der Waals surface area contributed by atoms with E-state index in [4.69, 9.17) is 0 Å². The van der Waals surface area contributed by atoms with Crippen LogP contribution in [0.15, 0.2) is 24.7 Å². The van der Waals surface area contributed by atoms with Crippen LogP contribution in [0.1, 0.15) is 31.9 Å². The van der Waals surface area contributed by atoms with E-state index >= 15 is 0 Å². The van der Waals surface area contributed by atoms with E-state index in [9.17, 15) is 4.79 Å². The maximum Gasteiger partial charge on any atom is 0.222 e. The summed E-state index contributed by atoms with van der Waals surface area (Å²) in [5, 5.41) is 0. The fraction of sp³-hybridized carbons (Fsp3) is 0.462. The summed E-state index contributed by atoms with van der Waals surface area (Å²) in [5.41, 5.74) is 2.12. The molecule has 0 radical (unpaired) electrons. The largest absolute Gasteiger partial charge is 0.339 e. The fourth-order valence-corrected chi connectivity index (χ4v) is 1.97. The molecule has 1 aliphatic rings. The van der Waals surface area contributed by atoms with Crippen molar-refractivity contribution < 1.29 is 4.79 Å². The minimum absolute atomic E-state index is 0.252. The third-order valence-corrected chi connectivity index (χ3v) is 2.92. The number of nitrogens with zero attached hydrogens (tertiary/aromatic N) is 3. The Morgan fingerprint density at radius 3 is 2.94 bits per heavy atom. The van der Waals surface area contributed by atoms with Gasteiger partial charge in [-0.1, -0.05) is 13.0 Å². The van der Waals surface area contributed by atoms with E-state index in [0.29, 0.717) is 13.0 Å². The molecule has 0 N–H and O–H groups in total. The zero-order valence-electron chi connectivity index (χ0n) is 10.1. The lowest BCUT2D eigenvalue weighted by Gasteiger charge is -2.26. The Hall–Kier alpha value is -1.71. The molecule has 0 atom stereocenters. The summed E-state index contributed by atoms with van der Waals surface area (Å²) in [6.45, 7) is 3.52. The molecule has 0 fully saturated rings. The first kappa shape index (κ1) is 11.8. The van der Waals surface area contributed by atoms with Crippen molar-refractivity contribution in [3.8, 4) is 0 Å². The molecule has 1 aliphatic heterocycles. The molecule has 2 rings (SSSR count). The van der Waals surface area contributed by atoms with Crippen LogP contribution in [-0.2, 0) is 4.79 Å². The van der Waals surface area contributed by atoms with Crippen molar-refractivity contribution in [2.75, 3.05) is 13.1 Å². The van der Waals surface area contributed by atoms with Crippen LogP contribution in [0.3, 0.4) is 0 Å². The van der Waals surface area contributed by atoms with E-state index in [1.165, 1.54) is 5.57 Å². The summed E-state index contributed by atoms with van der Waals surface area (Å²) < 4.78 is 0. The molecule has 0 saturated heterocycles. The van der Waals surface area contributed by atoms with E-state index in [-0.39, 0.29) is 5.91 Å². The van der Waals surface area contributed by atoms with Gasteiger partial charge in [0.05, 0.1) is 11.9 Å². The van der Waals surface area contributed by atoms with Crippen LogP contribution in [0.5, 0.6) is 0 Å². The zero-order valence-corrected chi connectivity index (χ0v) is 10.1. The predicted octanol–water partition coefficient (Wildman–Crippen LogP) is 1.89. The van der Waals surface area contributed by atoms with Crippen molar-refractivity contribution >= 4 is 11.5 Å². The molecule has 0 aliphatic carbocycles. The van der Waals surface area contributed by atoms with Crippen LogP contribution in [0.4, 0.5) is 0 Å². The van der Waals surface area contributed by atoms with Gasteiger partial charge in [-0.15, -0.1) is 0 Å². The lowest BCUT2D eigenvalue weighted by molar-refractivity contribution is -0.130. The number of rotatable bonds is 3. The summed E-state index contributed by atoms with van der Waals surface area (Å²) in [6, 6.07) is 0. The van der Waals surface area contributed by atoms with Gasteiger partial charge >= 0.3 is 0 Å². The Kier molecular flexibility index (Phi) is 3.85. The maximum absolute atomic E-state index is 11.7. The molecule has 0 aromatic carbocycles. The Morgan fingerprint density at radius 2 is 2.35 bits per heavy atom. The Bertz CT molecular complexity index is 414. The second-order valence-corrected chi connectivity index (χ2v) is 4.16. The molecule has 0 bridgehead atoms. The topological polar surface area (TPSA) is 46.1 Å². The highest BCUT2D eigenvalue weighted by Crippen LogP contribution is 2.20. The van der Waals surface area contributed by atoms with Crippen molar-refractivity contribution in [3.63, 3.8) is 0 Å². The third-order valence-electron chi connectivity index (χ3n) is 2.92. The molecule has 0 saturated carbocycles. The van der Waals surface area contributed by atoms with Gasteiger partial charge in [0.2, 0.25) is 5.91 Å². The number of carbonyl (C=O) groups excluding carboxylic acids is 1. The molecular weight excluding hydrogens is 214 g/mol. The maximum atomic E-state index is 11.7. The van der Waals surface area contributed by atoms with Crippen molar-refractivity contribution in [2.24, 2.45) is 0 Å². The number of carbonyl (C=O) groups is 1. The van der Waals surface area contributed by atoms with E-state index < -0.39 is 0 Å². The van der Waals surface area contributed by atoms with Gasteiger partial charge in [0.1, 0.15) is 0 Å². The number of aromatic nitrogens is 2. The molecule has 17 heavy (non-hydrogen) atoms. The Morgan fingerprint density at radius 1 is 1.47 bits per heavy atom. The molecule has 4 heteroatoms. The molecular formula is C13H17N3O. The highest BCUT2D eigenvalue weighted by molar-refractivity contribution is 5.77. The van der Waals surface area contributed by atoms with E-state index in [1.54, 1.807) is 18.6 Å². The zero-order chi connectivity index (χ0) is 12.1. The van der Waals surface area contributed by atoms with Crippen molar-refractivity contribution in [1.82, 2.24) is 14.9 Å². The molecule has 90 valence electrons. The SMILES string of the molecule is CCCC(=O)N1CC=C(c2cnccn2)CC1. The molecule has 1 aromatic rings. The third kappa shape index (κ3) is 2.90. The van der Waals surface area contributed by atoms with Gasteiger partial charge in [-0.05, 0) is 18.4 Å².